The topological polar surface area (TPSA) is 51.8 Å². The highest BCUT2D eigenvalue weighted by Gasteiger charge is 2.24. The number of benzene rings is 1. The minimum atomic E-state index is 0.131. The van der Waals surface area contributed by atoms with E-state index in [0.717, 1.165) is 30.2 Å². The molecule has 0 radical (unpaired) electrons. The maximum atomic E-state index is 4.93. The largest absolute Gasteiger partial charge is 0.299 e. The molecular weight excluding hydrogens is 324 g/mol. The number of nitrogens with zero attached hydrogens (tertiary/aromatic N) is 6. The Bertz CT molecular complexity index is 831. The Kier molecular flexibility index (Phi) is 5.52. The molecule has 0 aliphatic heterocycles. The molecule has 0 aliphatic carbocycles. The summed E-state index contributed by atoms with van der Waals surface area (Å²) >= 11 is 0. The van der Waals surface area contributed by atoms with Crippen LogP contribution in [-0.4, -0.2) is 43.5 Å². The molecule has 6 heteroatoms. The Morgan fingerprint density at radius 3 is 2.38 bits per heavy atom. The van der Waals surface area contributed by atoms with Crippen LogP contribution < -0.4 is 0 Å². The van der Waals surface area contributed by atoms with E-state index in [4.69, 9.17) is 10.1 Å². The van der Waals surface area contributed by atoms with Gasteiger partial charge in [-0.2, -0.15) is 10.2 Å². The van der Waals surface area contributed by atoms with Crippen molar-refractivity contribution < 1.29 is 0 Å². The lowest BCUT2D eigenvalue weighted by atomic mass is 10.0. The first kappa shape index (κ1) is 18.3. The SMILES string of the molecule is CC(C)Cc1nc([C@H](Cc2ccccc2)N(C)C)n(-c2cnn(C)c2)n1. The summed E-state index contributed by atoms with van der Waals surface area (Å²) in [5.41, 5.74) is 2.24. The van der Waals surface area contributed by atoms with Crippen LogP contribution in [0.1, 0.15) is 37.1 Å². The van der Waals surface area contributed by atoms with Crippen molar-refractivity contribution in [2.24, 2.45) is 13.0 Å². The van der Waals surface area contributed by atoms with Crippen LogP contribution in [0.5, 0.6) is 0 Å². The smallest absolute Gasteiger partial charge is 0.151 e. The predicted octanol–water partition coefficient (Wildman–Crippen LogP) is 3.04. The second-order valence-corrected chi connectivity index (χ2v) is 7.44. The molecule has 2 heterocycles. The lowest BCUT2D eigenvalue weighted by molar-refractivity contribution is 0.281. The van der Waals surface area contributed by atoms with E-state index in [1.165, 1.54) is 5.56 Å². The monoisotopic (exact) mass is 352 g/mol. The first-order valence-corrected chi connectivity index (χ1v) is 9.09. The summed E-state index contributed by atoms with van der Waals surface area (Å²) < 4.78 is 3.75. The molecule has 2 aromatic heterocycles. The molecule has 3 aromatic rings. The quantitative estimate of drug-likeness (QED) is 0.656. The van der Waals surface area contributed by atoms with Crippen LogP contribution in [0.25, 0.3) is 5.69 Å². The Labute approximate surface area is 155 Å². The molecule has 1 atom stereocenters. The third-order valence-electron chi connectivity index (χ3n) is 4.40. The molecule has 0 aliphatic rings. The van der Waals surface area contributed by atoms with Crippen LogP contribution in [0.4, 0.5) is 0 Å². The Balaban J connectivity index is 2.02. The summed E-state index contributed by atoms with van der Waals surface area (Å²) in [5, 5.41) is 9.11. The fraction of sp³-hybridized carbons (Fsp3) is 0.450. The summed E-state index contributed by atoms with van der Waals surface area (Å²) in [6.07, 6.45) is 5.57. The van der Waals surface area contributed by atoms with Gasteiger partial charge >= 0.3 is 0 Å². The molecule has 3 rings (SSSR count). The second kappa shape index (κ2) is 7.83. The first-order valence-electron chi connectivity index (χ1n) is 9.09. The van der Waals surface area contributed by atoms with Crippen LogP contribution in [0.3, 0.4) is 0 Å². The van der Waals surface area contributed by atoms with E-state index in [-0.39, 0.29) is 6.04 Å². The molecule has 0 amide bonds. The zero-order valence-electron chi connectivity index (χ0n) is 16.3. The van der Waals surface area contributed by atoms with Gasteiger partial charge in [-0.1, -0.05) is 44.2 Å². The van der Waals surface area contributed by atoms with Crippen LogP contribution in [-0.2, 0) is 19.9 Å². The third kappa shape index (κ3) is 4.19. The molecule has 0 saturated carbocycles. The average molecular weight is 352 g/mol. The van der Waals surface area contributed by atoms with Gasteiger partial charge in [0.15, 0.2) is 5.82 Å². The minimum absolute atomic E-state index is 0.131. The number of aryl methyl sites for hydroxylation is 1. The second-order valence-electron chi connectivity index (χ2n) is 7.44. The molecule has 0 spiro atoms. The van der Waals surface area contributed by atoms with Crippen molar-refractivity contribution in [2.75, 3.05) is 14.1 Å². The van der Waals surface area contributed by atoms with Gasteiger partial charge in [-0.25, -0.2) is 9.67 Å². The van der Waals surface area contributed by atoms with Crippen molar-refractivity contribution in [1.82, 2.24) is 29.4 Å². The molecule has 26 heavy (non-hydrogen) atoms. The highest BCUT2D eigenvalue weighted by molar-refractivity contribution is 5.27. The molecular formula is C20H28N6. The van der Waals surface area contributed by atoms with E-state index >= 15 is 0 Å². The van der Waals surface area contributed by atoms with Gasteiger partial charge in [-0.3, -0.25) is 9.58 Å². The maximum Gasteiger partial charge on any atom is 0.151 e. The normalized spacial score (nSPS) is 12.9. The summed E-state index contributed by atoms with van der Waals surface area (Å²) in [5.74, 6) is 2.36. The molecule has 0 bridgehead atoms. The highest BCUT2D eigenvalue weighted by atomic mass is 15.4. The third-order valence-corrected chi connectivity index (χ3v) is 4.40. The van der Waals surface area contributed by atoms with E-state index < -0.39 is 0 Å². The van der Waals surface area contributed by atoms with Crippen molar-refractivity contribution in [3.05, 3.63) is 59.9 Å². The van der Waals surface area contributed by atoms with E-state index in [1.54, 1.807) is 4.68 Å². The lowest BCUT2D eigenvalue weighted by Crippen LogP contribution is -2.25. The fourth-order valence-corrected chi connectivity index (χ4v) is 3.09. The van der Waals surface area contributed by atoms with Crippen molar-refractivity contribution in [3.63, 3.8) is 0 Å². The van der Waals surface area contributed by atoms with Gasteiger partial charge in [0.1, 0.15) is 11.5 Å². The van der Waals surface area contributed by atoms with E-state index in [1.807, 2.05) is 30.2 Å². The summed E-state index contributed by atoms with van der Waals surface area (Å²) in [6, 6.07) is 10.7. The lowest BCUT2D eigenvalue weighted by Gasteiger charge is -2.23. The van der Waals surface area contributed by atoms with Crippen LogP contribution in [0, 0.1) is 5.92 Å². The molecule has 1 aromatic carbocycles. The Hall–Kier alpha value is -2.47. The standard InChI is InChI=1S/C20H28N6/c1-15(2)11-19-22-20(26(23-19)17-13-21-25(5)14-17)18(24(3)4)12-16-9-7-6-8-10-16/h6-10,13-15,18H,11-12H2,1-5H3/t18-/m0/s1. The molecule has 0 N–H and O–H groups in total. The average Bonchev–Trinajstić information content (AvgIpc) is 3.19. The van der Waals surface area contributed by atoms with Crippen molar-refractivity contribution in [3.8, 4) is 5.69 Å². The minimum Gasteiger partial charge on any atom is -0.299 e. The van der Waals surface area contributed by atoms with Gasteiger partial charge in [0.05, 0.1) is 18.4 Å². The predicted molar refractivity (Wildman–Crippen MR) is 103 cm³/mol. The number of hydrogen-bond acceptors (Lipinski definition) is 4. The molecule has 0 unspecified atom stereocenters. The molecule has 0 saturated heterocycles. The van der Waals surface area contributed by atoms with Gasteiger partial charge < -0.3 is 0 Å². The van der Waals surface area contributed by atoms with Gasteiger partial charge in [-0.05, 0) is 32.0 Å². The number of aromatic nitrogens is 5. The Morgan fingerprint density at radius 2 is 1.81 bits per heavy atom. The van der Waals surface area contributed by atoms with Crippen molar-refractivity contribution in [2.45, 2.75) is 32.7 Å². The summed E-state index contributed by atoms with van der Waals surface area (Å²) in [6.45, 7) is 4.38. The van der Waals surface area contributed by atoms with Gasteiger partial charge in [-0.15, -0.1) is 0 Å². The maximum absolute atomic E-state index is 4.93. The van der Waals surface area contributed by atoms with Crippen LogP contribution in [0.2, 0.25) is 0 Å². The van der Waals surface area contributed by atoms with Crippen LogP contribution in [0.15, 0.2) is 42.7 Å². The van der Waals surface area contributed by atoms with E-state index in [2.05, 4.69) is 62.2 Å². The number of likely N-dealkylation sites (N-methyl/N-ethyl adjacent to an activating group) is 1. The number of hydrogen-bond donors (Lipinski definition) is 0. The molecule has 6 nitrogen and oxygen atoms in total. The molecule has 138 valence electrons. The van der Waals surface area contributed by atoms with Gasteiger partial charge in [0.25, 0.3) is 0 Å². The zero-order chi connectivity index (χ0) is 18.7. The zero-order valence-corrected chi connectivity index (χ0v) is 16.3. The van der Waals surface area contributed by atoms with Crippen molar-refractivity contribution >= 4 is 0 Å². The fourth-order valence-electron chi connectivity index (χ4n) is 3.09. The Morgan fingerprint density at radius 1 is 1.08 bits per heavy atom. The van der Waals surface area contributed by atoms with E-state index in [9.17, 15) is 0 Å². The van der Waals surface area contributed by atoms with Crippen molar-refractivity contribution in [1.29, 1.82) is 0 Å². The summed E-state index contributed by atoms with van der Waals surface area (Å²) in [7, 11) is 6.11. The first-order chi connectivity index (χ1) is 12.4. The van der Waals surface area contributed by atoms with Crippen LogP contribution >= 0.6 is 0 Å². The number of rotatable bonds is 7. The van der Waals surface area contributed by atoms with E-state index in [0.29, 0.717) is 5.92 Å². The highest BCUT2D eigenvalue weighted by Crippen LogP contribution is 2.24. The molecule has 0 fully saturated rings. The van der Waals surface area contributed by atoms with Gasteiger partial charge in [0.2, 0.25) is 0 Å². The summed E-state index contributed by atoms with van der Waals surface area (Å²) in [4.78, 5) is 7.14. The van der Waals surface area contributed by atoms with Gasteiger partial charge in [0, 0.05) is 13.5 Å².